The van der Waals surface area contributed by atoms with Crippen molar-refractivity contribution in [2.24, 2.45) is 5.92 Å². The van der Waals surface area contributed by atoms with Gasteiger partial charge in [-0.15, -0.1) is 23.7 Å². The Bertz CT molecular complexity index is 866. The highest BCUT2D eigenvalue weighted by Crippen LogP contribution is 2.35. The van der Waals surface area contributed by atoms with Crippen molar-refractivity contribution in [3.63, 3.8) is 0 Å². The van der Waals surface area contributed by atoms with Crippen molar-refractivity contribution in [3.05, 3.63) is 29.1 Å². The Kier molecular flexibility index (Phi) is 6.45. The lowest BCUT2D eigenvalue weighted by Gasteiger charge is -2.30. The molecule has 3 rings (SSSR count). The number of piperidine rings is 1. The number of esters is 1. The van der Waals surface area contributed by atoms with Crippen LogP contribution < -0.4 is 10.0 Å². The second-order valence-corrected chi connectivity index (χ2v) is 8.65. The van der Waals surface area contributed by atoms with Crippen LogP contribution in [0.3, 0.4) is 0 Å². The Morgan fingerprint density at radius 2 is 2.08 bits per heavy atom. The highest BCUT2D eigenvalue weighted by Gasteiger charge is 2.32. The SMILES string of the molecule is COC(=O)c1sc2ccccc2c1S(=O)(=O)NC1CNCCC1C.Cl. The van der Waals surface area contributed by atoms with E-state index in [1.807, 2.05) is 13.0 Å². The van der Waals surface area contributed by atoms with Crippen LogP contribution in [0.15, 0.2) is 29.2 Å². The van der Waals surface area contributed by atoms with Crippen LogP contribution in [-0.4, -0.2) is 40.6 Å². The molecule has 1 saturated heterocycles. The summed E-state index contributed by atoms with van der Waals surface area (Å²) < 4.78 is 34.3. The molecule has 2 unspecified atom stereocenters. The molecule has 6 nitrogen and oxygen atoms in total. The number of thiophene rings is 1. The number of carbonyl (C=O) groups excluding carboxylic acids is 1. The largest absolute Gasteiger partial charge is 0.465 e. The van der Waals surface area contributed by atoms with Gasteiger partial charge in [-0.1, -0.05) is 25.1 Å². The van der Waals surface area contributed by atoms with Crippen molar-refractivity contribution in [1.29, 1.82) is 0 Å². The topological polar surface area (TPSA) is 84.5 Å². The first-order valence-corrected chi connectivity index (χ1v) is 10.1. The van der Waals surface area contributed by atoms with E-state index >= 15 is 0 Å². The molecule has 1 aliphatic heterocycles. The third-order valence-electron chi connectivity index (χ3n) is 4.32. The summed E-state index contributed by atoms with van der Waals surface area (Å²) in [6.45, 7) is 3.49. The van der Waals surface area contributed by atoms with Gasteiger partial charge in [0.05, 0.1) is 7.11 Å². The molecule has 0 bridgehead atoms. The lowest BCUT2D eigenvalue weighted by atomic mass is 9.96. The first kappa shape index (κ1) is 20.1. The summed E-state index contributed by atoms with van der Waals surface area (Å²) in [5.74, 6) is -0.404. The highest BCUT2D eigenvalue weighted by atomic mass is 35.5. The number of sulfonamides is 1. The van der Waals surface area contributed by atoms with E-state index < -0.39 is 16.0 Å². The third kappa shape index (κ3) is 3.98. The molecule has 2 aromatic rings. The molecule has 2 N–H and O–H groups in total. The van der Waals surface area contributed by atoms with E-state index in [0.717, 1.165) is 29.0 Å². The van der Waals surface area contributed by atoms with Gasteiger partial charge in [0, 0.05) is 22.7 Å². The molecule has 1 fully saturated rings. The van der Waals surface area contributed by atoms with Gasteiger partial charge in [0.1, 0.15) is 9.77 Å². The van der Waals surface area contributed by atoms with E-state index in [9.17, 15) is 13.2 Å². The second-order valence-electron chi connectivity index (χ2n) is 5.95. The number of benzene rings is 1. The van der Waals surface area contributed by atoms with E-state index in [1.165, 1.54) is 7.11 Å². The first-order valence-electron chi connectivity index (χ1n) is 7.77. The van der Waals surface area contributed by atoms with E-state index in [2.05, 4.69) is 10.0 Å². The van der Waals surface area contributed by atoms with Gasteiger partial charge in [-0.05, 0) is 24.9 Å². The maximum atomic E-state index is 13.0. The van der Waals surface area contributed by atoms with Crippen LogP contribution in [0.5, 0.6) is 0 Å². The van der Waals surface area contributed by atoms with Gasteiger partial charge in [-0.3, -0.25) is 0 Å². The summed E-state index contributed by atoms with van der Waals surface area (Å²) in [5.41, 5.74) is 0. The van der Waals surface area contributed by atoms with Crippen LogP contribution in [0.25, 0.3) is 10.1 Å². The summed E-state index contributed by atoms with van der Waals surface area (Å²) in [7, 11) is -2.59. The van der Waals surface area contributed by atoms with Crippen LogP contribution in [0.1, 0.15) is 23.0 Å². The van der Waals surface area contributed by atoms with Crippen LogP contribution in [-0.2, 0) is 14.8 Å². The van der Waals surface area contributed by atoms with Crippen LogP contribution in [0, 0.1) is 5.92 Å². The van der Waals surface area contributed by atoms with Crippen molar-refractivity contribution >= 4 is 49.8 Å². The summed E-state index contributed by atoms with van der Waals surface area (Å²) >= 11 is 1.14. The number of fused-ring (bicyclic) bond motifs is 1. The molecule has 9 heteroatoms. The van der Waals surface area contributed by atoms with E-state index in [-0.39, 0.29) is 34.1 Å². The third-order valence-corrected chi connectivity index (χ3v) is 7.18. The zero-order chi connectivity index (χ0) is 17.3. The number of ether oxygens (including phenoxy) is 1. The first-order chi connectivity index (χ1) is 11.4. The number of nitrogens with one attached hydrogen (secondary N) is 2. The number of rotatable bonds is 4. The summed E-state index contributed by atoms with van der Waals surface area (Å²) in [6, 6.07) is 6.90. The molecule has 0 aliphatic carbocycles. The average Bonchev–Trinajstić information content (AvgIpc) is 2.96. The molecule has 0 spiro atoms. The Balaban J connectivity index is 0.00000225. The van der Waals surface area contributed by atoms with Gasteiger partial charge in [-0.2, -0.15) is 0 Å². The Hall–Kier alpha value is -1.19. The molecule has 0 radical (unpaired) electrons. The zero-order valence-corrected chi connectivity index (χ0v) is 16.4. The summed E-state index contributed by atoms with van der Waals surface area (Å²) in [5, 5.41) is 3.75. The monoisotopic (exact) mass is 404 g/mol. The minimum Gasteiger partial charge on any atom is -0.465 e. The molecule has 25 heavy (non-hydrogen) atoms. The molecule has 2 atom stereocenters. The summed E-state index contributed by atoms with van der Waals surface area (Å²) in [6.07, 6.45) is 0.904. The highest BCUT2D eigenvalue weighted by molar-refractivity contribution is 7.90. The molecular weight excluding hydrogens is 384 g/mol. The molecule has 0 amide bonds. The number of methoxy groups -OCH3 is 1. The molecular formula is C16H21ClN2O4S2. The molecule has 0 saturated carbocycles. The number of hydrogen-bond acceptors (Lipinski definition) is 6. The van der Waals surface area contributed by atoms with Crippen molar-refractivity contribution in [1.82, 2.24) is 10.0 Å². The predicted octanol–water partition coefficient (Wildman–Crippen LogP) is 2.39. The number of halogens is 1. The minimum atomic E-state index is -3.84. The smallest absolute Gasteiger partial charge is 0.349 e. The van der Waals surface area contributed by atoms with E-state index in [0.29, 0.717) is 11.9 Å². The molecule has 2 heterocycles. The molecule has 1 aromatic carbocycles. The van der Waals surface area contributed by atoms with Gasteiger partial charge >= 0.3 is 5.97 Å². The lowest BCUT2D eigenvalue weighted by molar-refractivity contribution is 0.0602. The van der Waals surface area contributed by atoms with Gasteiger partial charge in [-0.25, -0.2) is 17.9 Å². The van der Waals surface area contributed by atoms with Gasteiger partial charge in [0.15, 0.2) is 0 Å². The lowest BCUT2D eigenvalue weighted by Crippen LogP contribution is -2.50. The quantitative estimate of drug-likeness (QED) is 0.764. The van der Waals surface area contributed by atoms with Crippen LogP contribution in [0.2, 0.25) is 0 Å². The van der Waals surface area contributed by atoms with Crippen molar-refractivity contribution in [3.8, 4) is 0 Å². The van der Waals surface area contributed by atoms with E-state index in [1.54, 1.807) is 18.2 Å². The number of hydrogen-bond donors (Lipinski definition) is 2. The van der Waals surface area contributed by atoms with Gasteiger partial charge in [0.25, 0.3) is 0 Å². The fourth-order valence-electron chi connectivity index (χ4n) is 2.92. The molecule has 1 aliphatic rings. The van der Waals surface area contributed by atoms with Gasteiger partial charge in [0.2, 0.25) is 10.0 Å². The standard InChI is InChI=1S/C16H20N2O4S2.ClH/c1-10-7-8-17-9-12(10)18-24(20,21)15-11-5-3-4-6-13(11)23-14(15)16(19)22-2;/h3-6,10,12,17-18H,7-9H2,1-2H3;1H. The number of carbonyl (C=O) groups is 1. The van der Waals surface area contributed by atoms with Crippen molar-refractivity contribution in [2.75, 3.05) is 20.2 Å². The zero-order valence-electron chi connectivity index (χ0n) is 13.9. The fourth-order valence-corrected chi connectivity index (χ4v) is 6.08. The van der Waals surface area contributed by atoms with Crippen LogP contribution >= 0.6 is 23.7 Å². The van der Waals surface area contributed by atoms with Crippen molar-refractivity contribution in [2.45, 2.75) is 24.3 Å². The predicted molar refractivity (Wildman–Crippen MR) is 101 cm³/mol. The average molecular weight is 405 g/mol. The fraction of sp³-hybridized carbons (Fsp3) is 0.438. The summed E-state index contributed by atoms with van der Waals surface area (Å²) in [4.78, 5) is 12.2. The Morgan fingerprint density at radius 3 is 2.76 bits per heavy atom. The van der Waals surface area contributed by atoms with Crippen LogP contribution in [0.4, 0.5) is 0 Å². The Labute approximate surface area is 157 Å². The van der Waals surface area contributed by atoms with Crippen molar-refractivity contribution < 1.29 is 17.9 Å². The molecule has 1 aromatic heterocycles. The second kappa shape index (κ2) is 8.01. The maximum Gasteiger partial charge on any atom is 0.349 e. The normalized spacial score (nSPS) is 20.9. The Morgan fingerprint density at radius 1 is 1.36 bits per heavy atom. The minimum absolute atomic E-state index is 0. The molecule has 138 valence electrons. The van der Waals surface area contributed by atoms with Gasteiger partial charge < -0.3 is 10.1 Å². The van der Waals surface area contributed by atoms with E-state index in [4.69, 9.17) is 4.74 Å². The maximum absolute atomic E-state index is 13.0.